The lowest BCUT2D eigenvalue weighted by Gasteiger charge is -2.29. The molecule has 0 fully saturated rings. The van der Waals surface area contributed by atoms with Crippen LogP contribution in [0, 0.1) is 17.0 Å². The van der Waals surface area contributed by atoms with E-state index in [1.807, 2.05) is 6.07 Å². The molecule has 1 aliphatic rings. The summed E-state index contributed by atoms with van der Waals surface area (Å²) >= 11 is -1.70. The topological polar surface area (TPSA) is 119 Å². The number of carbonyl (C=O) groups is 2. The summed E-state index contributed by atoms with van der Waals surface area (Å²) in [5.41, 5.74) is 0.509. The molecule has 0 radical (unpaired) electrons. The van der Waals surface area contributed by atoms with Crippen LogP contribution < -0.4 is 5.32 Å². The van der Waals surface area contributed by atoms with Crippen molar-refractivity contribution in [2.75, 3.05) is 5.32 Å². The first-order chi connectivity index (χ1) is 19.1. The Kier molecular flexibility index (Phi) is 7.31. The maximum atomic E-state index is 13.5. The molecule has 204 valence electrons. The molecule has 4 aromatic rings. The number of fused-ring (bicyclic) bond motifs is 1. The highest BCUT2D eigenvalue weighted by Crippen LogP contribution is 2.47. The van der Waals surface area contributed by atoms with Gasteiger partial charge in [0.05, 0.1) is 21.9 Å². The zero-order valence-corrected chi connectivity index (χ0v) is 22.8. The second kappa shape index (κ2) is 10.7. The fourth-order valence-electron chi connectivity index (χ4n) is 4.58. The van der Waals surface area contributed by atoms with Gasteiger partial charge in [-0.2, -0.15) is 21.4 Å². The summed E-state index contributed by atoms with van der Waals surface area (Å²) in [4.78, 5) is 37.8. The van der Waals surface area contributed by atoms with E-state index >= 15 is 0 Å². The summed E-state index contributed by atoms with van der Waals surface area (Å²) in [6.07, 6.45) is -4.64. The number of hydrogen-bond donors (Lipinski definition) is 1. The van der Waals surface area contributed by atoms with Gasteiger partial charge in [-0.15, -0.1) is 0 Å². The molecule has 1 unspecified atom stereocenters. The van der Waals surface area contributed by atoms with Crippen LogP contribution in [0.3, 0.4) is 0 Å². The molecule has 5 rings (SSSR count). The minimum Gasteiger partial charge on any atom is -0.309 e. The monoisotopic (exact) mass is 661 g/mol. The largest absolute Gasteiger partial charge is 0.416 e. The predicted molar refractivity (Wildman–Crippen MR) is 148 cm³/mol. The number of rotatable bonds is 5. The molecular weight excluding hydrogens is 642 g/mol. The van der Waals surface area contributed by atoms with Gasteiger partial charge in [-0.1, -0.05) is 42.5 Å². The van der Waals surface area contributed by atoms with Gasteiger partial charge in [0, 0.05) is 49.7 Å². The van der Waals surface area contributed by atoms with Gasteiger partial charge in [0.1, 0.15) is 9.74 Å². The third-order valence-electron chi connectivity index (χ3n) is 6.34. The molecule has 1 aromatic heterocycles. The van der Waals surface area contributed by atoms with E-state index in [4.69, 9.17) is 0 Å². The number of nitrogens with zero attached hydrogens (tertiary/aromatic N) is 4. The van der Waals surface area contributed by atoms with Crippen molar-refractivity contribution < 1.29 is 27.7 Å². The van der Waals surface area contributed by atoms with E-state index in [1.54, 1.807) is 48.0 Å². The average Bonchev–Trinajstić information content (AvgIpc) is 3.26. The van der Waals surface area contributed by atoms with Crippen molar-refractivity contribution in [3.63, 3.8) is 0 Å². The molecule has 2 atom stereocenters. The summed E-state index contributed by atoms with van der Waals surface area (Å²) < 4.78 is 44.1. The van der Waals surface area contributed by atoms with Gasteiger partial charge in [-0.05, 0) is 37.3 Å². The first kappa shape index (κ1) is 27.3. The predicted octanol–water partition coefficient (Wildman–Crippen LogP) is 6.56. The van der Waals surface area contributed by atoms with Crippen LogP contribution >= 0.6 is 21.0 Å². The Morgan fingerprint density at radius 3 is 2.48 bits per heavy atom. The number of nitro benzene ring substituents is 1. The molecule has 0 spiro atoms. The minimum absolute atomic E-state index is 0.210. The van der Waals surface area contributed by atoms with E-state index in [9.17, 15) is 32.9 Å². The fraction of sp³-hybridized carbons (Fsp3) is 0.148. The van der Waals surface area contributed by atoms with E-state index in [1.165, 1.54) is 18.2 Å². The Hall–Kier alpha value is -4.27. The number of carbonyl (C=O) groups excluding carboxylic acids is 2. The molecule has 13 heteroatoms. The lowest BCUT2D eigenvalue weighted by molar-refractivity contribution is -0.385. The lowest BCUT2D eigenvalue weighted by Crippen LogP contribution is -2.36. The normalized spacial score (nSPS) is 17.1. The van der Waals surface area contributed by atoms with E-state index in [0.29, 0.717) is 28.8 Å². The molecule has 1 N–H and O–H groups in total. The zero-order valence-electron chi connectivity index (χ0n) is 20.6. The number of benzene rings is 3. The summed E-state index contributed by atoms with van der Waals surface area (Å²) in [5, 5.41) is 19.4. The number of nitro groups is 1. The number of amides is 2. The van der Waals surface area contributed by atoms with Crippen LogP contribution in [0.1, 0.15) is 38.7 Å². The Labute approximate surface area is 235 Å². The van der Waals surface area contributed by atoms with Crippen molar-refractivity contribution in [2.24, 2.45) is 3.15 Å². The number of anilines is 1. The van der Waals surface area contributed by atoms with Crippen LogP contribution in [0.5, 0.6) is 0 Å². The van der Waals surface area contributed by atoms with Gasteiger partial charge in [0.15, 0.2) is 0 Å². The van der Waals surface area contributed by atoms with E-state index in [0.717, 1.165) is 12.1 Å². The summed E-state index contributed by atoms with van der Waals surface area (Å²) in [7, 11) is 0. The van der Waals surface area contributed by atoms with Gasteiger partial charge in [-0.3, -0.25) is 19.7 Å². The highest BCUT2D eigenvalue weighted by molar-refractivity contribution is 14.2. The fourth-order valence-corrected chi connectivity index (χ4v) is 6.89. The van der Waals surface area contributed by atoms with Gasteiger partial charge in [-0.25, -0.2) is 4.68 Å². The molecule has 0 saturated heterocycles. The van der Waals surface area contributed by atoms with Gasteiger partial charge < -0.3 is 5.32 Å². The van der Waals surface area contributed by atoms with Crippen LogP contribution in [0.2, 0.25) is 0 Å². The van der Waals surface area contributed by atoms with Crippen molar-refractivity contribution >= 4 is 44.4 Å². The summed E-state index contributed by atoms with van der Waals surface area (Å²) in [6, 6.07) is 18.9. The number of alkyl halides is 4. The second-order valence-electron chi connectivity index (χ2n) is 8.85. The standard InChI is InChI=1S/C27H19F3IN5O4/c1-15-21-22(19-12-5-6-13-20(19)36(39)40)23(26(38)32-24(21)35(34-15)18-10-3-2-4-11-18)31-33-25(37)16-8-7-9-17(14-16)27(28,29)30/h2-14,22-23H,1H3,(H,32,38)/t22-,23?/m0/s1. The van der Waals surface area contributed by atoms with Gasteiger partial charge >= 0.3 is 6.18 Å². The van der Waals surface area contributed by atoms with Crippen LogP contribution in [0.15, 0.2) is 82.0 Å². The number of para-hydroxylation sites is 2. The summed E-state index contributed by atoms with van der Waals surface area (Å²) in [6.45, 7) is 1.72. The zero-order chi connectivity index (χ0) is 28.6. The highest BCUT2D eigenvalue weighted by atomic mass is 127. The van der Waals surface area contributed by atoms with E-state index in [2.05, 4.69) is 13.6 Å². The van der Waals surface area contributed by atoms with Crippen molar-refractivity contribution in [3.05, 3.63) is 117 Å². The molecule has 0 aliphatic carbocycles. The minimum atomic E-state index is -4.64. The number of hydrogen-bond acceptors (Lipinski definition) is 5. The van der Waals surface area contributed by atoms with Gasteiger partial charge in [0.25, 0.3) is 11.6 Å². The van der Waals surface area contributed by atoms with Crippen LogP contribution in [-0.4, -0.2) is 30.4 Å². The second-order valence-corrected chi connectivity index (χ2v) is 11.2. The van der Waals surface area contributed by atoms with Crippen molar-refractivity contribution in [1.82, 2.24) is 9.78 Å². The molecule has 3 aromatic carbocycles. The van der Waals surface area contributed by atoms with Crippen LogP contribution in [0.25, 0.3) is 5.69 Å². The lowest BCUT2D eigenvalue weighted by atomic mass is 9.85. The average molecular weight is 661 g/mol. The van der Waals surface area contributed by atoms with Crippen LogP contribution in [0.4, 0.5) is 24.7 Å². The maximum absolute atomic E-state index is 13.5. The number of aryl methyl sites for hydroxylation is 1. The molecule has 0 bridgehead atoms. The first-order valence-electron chi connectivity index (χ1n) is 11.8. The Balaban J connectivity index is 1.63. The quantitative estimate of drug-likeness (QED) is 0.113. The van der Waals surface area contributed by atoms with Crippen molar-refractivity contribution in [3.8, 4) is 5.69 Å². The Morgan fingerprint density at radius 1 is 1.07 bits per heavy atom. The Bertz CT molecular complexity index is 1670. The molecular formula is C27H19F3IN5O4. The van der Waals surface area contributed by atoms with Gasteiger partial charge in [0.2, 0.25) is 5.91 Å². The van der Waals surface area contributed by atoms with Crippen molar-refractivity contribution in [1.29, 1.82) is 0 Å². The van der Waals surface area contributed by atoms with Crippen LogP contribution in [-0.2, 0) is 11.0 Å². The Morgan fingerprint density at radius 2 is 1.77 bits per heavy atom. The third-order valence-corrected chi connectivity index (χ3v) is 8.94. The maximum Gasteiger partial charge on any atom is 0.416 e. The molecule has 2 heterocycles. The number of aromatic nitrogens is 2. The smallest absolute Gasteiger partial charge is 0.309 e. The SMILES string of the molecule is Cc1nn(-c2ccccc2)c2c1[C@H](c1ccccc1[N+](=O)[O-])C(I=NC(=O)c1cccc(C(F)(F)F)c1)C(=O)N2. The third kappa shape index (κ3) is 5.15. The molecule has 2 amide bonds. The van der Waals surface area contributed by atoms with E-state index < -0.39 is 59.4 Å². The highest BCUT2D eigenvalue weighted by Gasteiger charge is 2.43. The van der Waals surface area contributed by atoms with E-state index in [-0.39, 0.29) is 16.8 Å². The summed E-state index contributed by atoms with van der Waals surface area (Å²) in [5.74, 6) is -1.92. The molecule has 40 heavy (non-hydrogen) atoms. The molecule has 1 aliphatic heterocycles. The molecule has 0 saturated carbocycles. The first-order valence-corrected chi connectivity index (χ1v) is 14.0. The number of nitrogens with one attached hydrogen (secondary N) is 1. The number of halogens is 4. The molecule has 9 nitrogen and oxygen atoms in total. The van der Waals surface area contributed by atoms with Crippen molar-refractivity contribution in [2.45, 2.75) is 22.9 Å².